The monoisotopic (exact) mass is 103 g/mol. The van der Waals surface area contributed by atoms with Crippen LogP contribution in [0.5, 0.6) is 0 Å². The fraction of sp³-hybridized carbons (Fsp3) is 0.500. The number of hydroxylamine groups is 1. The number of nitrogens with one attached hydrogen (secondary N) is 1. The van der Waals surface area contributed by atoms with Gasteiger partial charge in [-0.05, 0) is 0 Å². The normalized spacial score (nSPS) is 18.5. The predicted octanol–water partition coefficient (Wildman–Crippen LogP) is -1.13. The van der Waals surface area contributed by atoms with Crippen LogP contribution in [0.4, 0.5) is 0 Å². The Balaban J connectivity index is 2.45. The lowest BCUT2D eigenvalue weighted by molar-refractivity contribution is -0.289. The lowest BCUT2D eigenvalue weighted by atomic mass is 10.8. The van der Waals surface area contributed by atoms with Crippen molar-refractivity contribution in [3.63, 3.8) is 0 Å². The maximum absolute atomic E-state index is 4.82. The second-order valence-electron chi connectivity index (χ2n) is 0.990. The van der Waals surface area contributed by atoms with Gasteiger partial charge in [0.05, 0.1) is 6.92 Å². The predicted molar refractivity (Wildman–Crippen MR) is 22.1 cm³/mol. The first-order chi connectivity index (χ1) is 2.89. The molecule has 0 saturated carbocycles. The Morgan fingerprint density at radius 1 is 2.00 bits per heavy atom. The summed E-state index contributed by atoms with van der Waals surface area (Å²) in [6.45, 7) is 1.82. The summed E-state index contributed by atoms with van der Waals surface area (Å²) in [5.41, 5.74) is 2.55. The van der Waals surface area contributed by atoms with Crippen molar-refractivity contribution in [2.75, 3.05) is 0 Å². The van der Waals surface area contributed by atoms with Crippen LogP contribution in [0.2, 0.25) is 0 Å². The third-order valence-corrected chi connectivity index (χ3v) is 1.14. The molecule has 4 heteroatoms. The smallest absolute Gasteiger partial charge is 0.391 e. The second-order valence-corrected chi connectivity index (χ2v) is 1.65. The number of amides is 1. The van der Waals surface area contributed by atoms with Gasteiger partial charge in [-0.2, -0.15) is 0 Å². The Bertz CT molecular complexity index is 81.6. The minimum Gasteiger partial charge on any atom is -0.468 e. The van der Waals surface area contributed by atoms with Crippen LogP contribution in [-0.4, -0.2) is 15.9 Å². The van der Waals surface area contributed by atoms with Crippen molar-refractivity contribution in [1.29, 1.82) is 0 Å². The molecule has 1 heterocycles. The number of carbonyl (C=O) groups excluding carboxylic acids is 1. The summed E-state index contributed by atoms with van der Waals surface area (Å²) in [7, 11) is -0.256. The standard InChI is InChI=1S/C2H5NO2Si/c1-2-3-5-6-4-2/h3,6H,1H3. The van der Waals surface area contributed by atoms with Crippen molar-refractivity contribution >= 4 is 15.9 Å². The Morgan fingerprint density at radius 3 is 3.00 bits per heavy atom. The van der Waals surface area contributed by atoms with E-state index in [1.165, 1.54) is 0 Å². The highest BCUT2D eigenvalue weighted by Crippen LogP contribution is 1.72. The highest BCUT2D eigenvalue weighted by atomic mass is 28.3. The van der Waals surface area contributed by atoms with Gasteiger partial charge >= 0.3 is 15.9 Å². The second kappa shape index (κ2) is 1.40. The zero-order chi connectivity index (χ0) is 4.41. The quantitative estimate of drug-likeness (QED) is 0.305. The zero-order valence-corrected chi connectivity index (χ0v) is 4.55. The van der Waals surface area contributed by atoms with Crippen LogP contribution in [0.25, 0.3) is 0 Å². The number of hydrogen-bond acceptors (Lipinski definition) is 2. The topological polar surface area (TPSA) is 32.6 Å². The molecule has 0 radical (unpaired) electrons. The Morgan fingerprint density at radius 2 is 2.83 bits per heavy atom. The van der Waals surface area contributed by atoms with Gasteiger partial charge in [-0.15, -0.1) is 0 Å². The SMILES string of the molecule is CC1=[O+][SiH-]ON1. The van der Waals surface area contributed by atoms with Crippen LogP contribution < -0.4 is 5.48 Å². The van der Waals surface area contributed by atoms with Crippen molar-refractivity contribution < 1.29 is 8.64 Å². The van der Waals surface area contributed by atoms with Crippen LogP contribution in [0.15, 0.2) is 0 Å². The average Bonchev–Trinajstić information content (AvgIpc) is 1.86. The van der Waals surface area contributed by atoms with Gasteiger partial charge in [0.2, 0.25) is 0 Å². The van der Waals surface area contributed by atoms with Crippen molar-refractivity contribution in [3.05, 3.63) is 0 Å². The van der Waals surface area contributed by atoms with Gasteiger partial charge in [0.25, 0.3) is 0 Å². The van der Waals surface area contributed by atoms with Gasteiger partial charge in [-0.3, -0.25) is 0 Å². The van der Waals surface area contributed by atoms with E-state index in [1.54, 1.807) is 0 Å². The molecule has 0 aromatic carbocycles. The van der Waals surface area contributed by atoms with Gasteiger partial charge in [0.15, 0.2) is 0 Å². The minimum atomic E-state index is -0.256. The number of rotatable bonds is 0. The molecule has 0 aromatic heterocycles. The molecule has 0 saturated heterocycles. The lowest BCUT2D eigenvalue weighted by Gasteiger charge is -1.83. The van der Waals surface area contributed by atoms with Gasteiger partial charge in [-0.1, -0.05) is 0 Å². The van der Waals surface area contributed by atoms with Crippen LogP contribution in [0.3, 0.4) is 0 Å². The third-order valence-electron chi connectivity index (χ3n) is 0.476. The van der Waals surface area contributed by atoms with E-state index in [-0.39, 0.29) is 10.0 Å². The Labute approximate surface area is 38.0 Å². The van der Waals surface area contributed by atoms with E-state index in [9.17, 15) is 0 Å². The molecule has 1 N–H and O–H groups in total. The number of hydrogen-bond donors (Lipinski definition) is 1. The molecule has 0 spiro atoms. The molecule has 34 valence electrons. The molecule has 3 nitrogen and oxygen atoms in total. The minimum absolute atomic E-state index is 0.256. The van der Waals surface area contributed by atoms with Crippen LogP contribution >= 0.6 is 0 Å². The summed E-state index contributed by atoms with van der Waals surface area (Å²) in [6.07, 6.45) is 0. The molecule has 0 aromatic rings. The molecular weight excluding hydrogens is 98.1 g/mol. The van der Waals surface area contributed by atoms with Crippen LogP contribution in [0.1, 0.15) is 6.92 Å². The van der Waals surface area contributed by atoms with E-state index < -0.39 is 0 Å². The van der Waals surface area contributed by atoms with Gasteiger partial charge in [-0.25, -0.2) is 5.48 Å². The first-order valence-corrected chi connectivity index (χ1v) is 2.57. The highest BCUT2D eigenvalue weighted by molar-refractivity contribution is 6.17. The van der Waals surface area contributed by atoms with E-state index >= 15 is 0 Å². The van der Waals surface area contributed by atoms with E-state index in [0.29, 0.717) is 0 Å². The van der Waals surface area contributed by atoms with E-state index in [4.69, 9.17) is 4.11 Å². The molecule has 1 aliphatic rings. The van der Waals surface area contributed by atoms with Crippen LogP contribution in [0, 0.1) is 0 Å². The van der Waals surface area contributed by atoms with Crippen molar-refractivity contribution in [2.45, 2.75) is 6.92 Å². The fourth-order valence-electron chi connectivity index (χ4n) is 0.227. The van der Waals surface area contributed by atoms with E-state index in [2.05, 4.69) is 10.0 Å². The summed E-state index contributed by atoms with van der Waals surface area (Å²) >= 11 is 0. The van der Waals surface area contributed by atoms with E-state index in [1.807, 2.05) is 6.92 Å². The molecule has 6 heavy (non-hydrogen) atoms. The molecular formula is C2H5NO2Si. The summed E-state index contributed by atoms with van der Waals surface area (Å²) in [6, 6.07) is 0. The molecule has 1 rings (SSSR count). The molecule has 0 unspecified atom stereocenters. The van der Waals surface area contributed by atoms with Gasteiger partial charge < -0.3 is 8.64 Å². The highest BCUT2D eigenvalue weighted by Gasteiger charge is 2.01. The molecule has 0 fully saturated rings. The van der Waals surface area contributed by atoms with Gasteiger partial charge in [0.1, 0.15) is 0 Å². The maximum Gasteiger partial charge on any atom is 0.391 e. The lowest BCUT2D eigenvalue weighted by Crippen LogP contribution is -2.12. The zero-order valence-electron chi connectivity index (χ0n) is 3.39. The van der Waals surface area contributed by atoms with Crippen LogP contribution in [-0.2, 0) is 8.64 Å². The summed E-state index contributed by atoms with van der Waals surface area (Å²) in [5, 5.41) is 0. The third kappa shape index (κ3) is 0.578. The first-order valence-electron chi connectivity index (χ1n) is 1.63. The van der Waals surface area contributed by atoms with E-state index in [0.717, 1.165) is 5.91 Å². The first kappa shape index (κ1) is 3.82. The summed E-state index contributed by atoms with van der Waals surface area (Å²) in [5.74, 6) is 0.769. The van der Waals surface area contributed by atoms with Crippen molar-refractivity contribution in [2.24, 2.45) is 0 Å². The molecule has 0 bridgehead atoms. The Hall–Kier alpha value is -0.353. The molecule has 0 aliphatic carbocycles. The summed E-state index contributed by atoms with van der Waals surface area (Å²) in [4.78, 5) is 0. The molecule has 0 amide bonds. The van der Waals surface area contributed by atoms with Crippen molar-refractivity contribution in [1.82, 2.24) is 5.48 Å². The summed E-state index contributed by atoms with van der Waals surface area (Å²) < 4.78 is 9.45. The maximum atomic E-state index is 4.82. The van der Waals surface area contributed by atoms with Gasteiger partial charge in [0, 0.05) is 0 Å². The molecule has 1 aliphatic heterocycles. The van der Waals surface area contributed by atoms with Crippen molar-refractivity contribution in [3.8, 4) is 0 Å². The average molecular weight is 103 g/mol. The largest absolute Gasteiger partial charge is 0.468 e. The fourth-order valence-corrected chi connectivity index (χ4v) is 0.682. The molecule has 0 atom stereocenters. The Kier molecular flexibility index (Phi) is 0.892.